The van der Waals surface area contributed by atoms with Gasteiger partial charge in [-0.05, 0) is 46.1 Å². The molecule has 1 aromatic heterocycles. The van der Waals surface area contributed by atoms with Gasteiger partial charge in [0, 0.05) is 19.1 Å². The summed E-state index contributed by atoms with van der Waals surface area (Å²) < 4.78 is 27.1. The zero-order valence-corrected chi connectivity index (χ0v) is 14.1. The van der Waals surface area contributed by atoms with Crippen molar-refractivity contribution in [2.45, 2.75) is 51.5 Å². The fourth-order valence-electron chi connectivity index (χ4n) is 3.15. The standard InChI is InChI=1S/C14H26N4O2S/c1-5-15-10(2)13-6-8-18(9-7-13)21(19,20)14-11(3)16-17-12(14)4/h10,13,15H,5-9H2,1-4H3,(H,16,17). The van der Waals surface area contributed by atoms with Gasteiger partial charge in [-0.1, -0.05) is 6.92 Å². The van der Waals surface area contributed by atoms with Gasteiger partial charge in [0.2, 0.25) is 10.0 Å². The average molecular weight is 314 g/mol. The second-order valence-electron chi connectivity index (χ2n) is 5.85. The normalized spacial score (nSPS) is 19.8. The molecule has 0 aliphatic carbocycles. The van der Waals surface area contributed by atoms with E-state index in [9.17, 15) is 8.42 Å². The van der Waals surface area contributed by atoms with E-state index >= 15 is 0 Å². The van der Waals surface area contributed by atoms with E-state index in [0.29, 0.717) is 41.3 Å². The first kappa shape index (κ1) is 16.5. The van der Waals surface area contributed by atoms with E-state index in [2.05, 4.69) is 29.4 Å². The first-order valence-electron chi connectivity index (χ1n) is 7.63. The quantitative estimate of drug-likeness (QED) is 0.862. The Morgan fingerprint density at radius 2 is 2.00 bits per heavy atom. The van der Waals surface area contributed by atoms with Gasteiger partial charge >= 0.3 is 0 Å². The Labute approximate surface area is 127 Å². The number of nitrogens with one attached hydrogen (secondary N) is 2. The molecule has 7 heteroatoms. The molecule has 0 amide bonds. The van der Waals surface area contributed by atoms with E-state index in [1.165, 1.54) is 0 Å². The minimum atomic E-state index is -3.42. The van der Waals surface area contributed by atoms with Crippen molar-refractivity contribution in [1.29, 1.82) is 0 Å². The van der Waals surface area contributed by atoms with Gasteiger partial charge in [-0.25, -0.2) is 8.42 Å². The Morgan fingerprint density at radius 1 is 1.38 bits per heavy atom. The summed E-state index contributed by atoms with van der Waals surface area (Å²) in [6.07, 6.45) is 1.81. The summed E-state index contributed by atoms with van der Waals surface area (Å²) in [5.74, 6) is 0.544. The molecule has 0 radical (unpaired) electrons. The summed E-state index contributed by atoms with van der Waals surface area (Å²) in [7, 11) is -3.42. The molecule has 120 valence electrons. The van der Waals surface area contributed by atoms with E-state index in [4.69, 9.17) is 0 Å². The molecular formula is C14H26N4O2S. The number of rotatable bonds is 5. The third-order valence-corrected chi connectivity index (χ3v) is 6.55. The number of hydrogen-bond donors (Lipinski definition) is 2. The van der Waals surface area contributed by atoms with Gasteiger partial charge in [0.15, 0.2) is 0 Å². The molecule has 1 aromatic rings. The zero-order valence-electron chi connectivity index (χ0n) is 13.3. The number of aromatic nitrogens is 2. The van der Waals surface area contributed by atoms with Crippen LogP contribution in [0, 0.1) is 19.8 Å². The van der Waals surface area contributed by atoms with Crippen LogP contribution in [0.1, 0.15) is 38.1 Å². The van der Waals surface area contributed by atoms with Crippen molar-refractivity contribution in [1.82, 2.24) is 19.8 Å². The SMILES string of the molecule is CCNC(C)C1CCN(S(=O)(=O)c2c(C)n[nH]c2C)CC1. The van der Waals surface area contributed by atoms with Crippen LogP contribution >= 0.6 is 0 Å². The number of piperidine rings is 1. The molecule has 2 rings (SSSR count). The summed E-state index contributed by atoms with van der Waals surface area (Å²) in [5.41, 5.74) is 1.17. The van der Waals surface area contributed by atoms with Gasteiger partial charge in [-0.3, -0.25) is 5.10 Å². The van der Waals surface area contributed by atoms with Gasteiger partial charge in [0.1, 0.15) is 4.90 Å². The number of aryl methyl sites for hydroxylation is 2. The first-order valence-corrected chi connectivity index (χ1v) is 9.07. The Hall–Kier alpha value is -0.920. The van der Waals surface area contributed by atoms with Crippen LogP contribution in [0.25, 0.3) is 0 Å². The van der Waals surface area contributed by atoms with Crippen LogP contribution < -0.4 is 5.32 Å². The number of hydrogen-bond acceptors (Lipinski definition) is 4. The highest BCUT2D eigenvalue weighted by Gasteiger charge is 2.33. The lowest BCUT2D eigenvalue weighted by Crippen LogP contribution is -2.44. The fourth-order valence-corrected chi connectivity index (χ4v) is 4.96. The Morgan fingerprint density at radius 3 is 2.48 bits per heavy atom. The summed E-state index contributed by atoms with van der Waals surface area (Å²) in [4.78, 5) is 0.348. The van der Waals surface area contributed by atoms with E-state index in [1.54, 1.807) is 18.2 Å². The Kier molecular flexibility index (Phi) is 5.06. The summed E-state index contributed by atoms with van der Waals surface area (Å²) in [6, 6.07) is 0.442. The molecule has 1 atom stereocenters. The molecular weight excluding hydrogens is 288 g/mol. The van der Waals surface area contributed by atoms with Crippen molar-refractivity contribution in [3.05, 3.63) is 11.4 Å². The number of aromatic amines is 1. The summed E-state index contributed by atoms with van der Waals surface area (Å²) >= 11 is 0. The molecule has 0 saturated carbocycles. The lowest BCUT2D eigenvalue weighted by atomic mass is 9.91. The zero-order chi connectivity index (χ0) is 15.6. The van der Waals surface area contributed by atoms with Crippen molar-refractivity contribution in [2.24, 2.45) is 5.92 Å². The lowest BCUT2D eigenvalue weighted by molar-refractivity contribution is 0.232. The maximum Gasteiger partial charge on any atom is 0.246 e. The van der Waals surface area contributed by atoms with Crippen LogP contribution in [0.3, 0.4) is 0 Å². The molecule has 21 heavy (non-hydrogen) atoms. The van der Waals surface area contributed by atoms with Crippen LogP contribution in [0.5, 0.6) is 0 Å². The third-order valence-electron chi connectivity index (χ3n) is 4.39. The fraction of sp³-hybridized carbons (Fsp3) is 0.786. The molecule has 1 fully saturated rings. The summed E-state index contributed by atoms with van der Waals surface area (Å²) in [6.45, 7) is 9.90. The predicted molar refractivity (Wildman–Crippen MR) is 82.7 cm³/mol. The van der Waals surface area contributed by atoms with Crippen LogP contribution in [0.4, 0.5) is 0 Å². The Bertz CT molecular complexity index is 554. The van der Waals surface area contributed by atoms with Crippen molar-refractivity contribution >= 4 is 10.0 Å². The molecule has 0 aromatic carbocycles. The van der Waals surface area contributed by atoms with Gasteiger partial charge in [-0.15, -0.1) is 0 Å². The van der Waals surface area contributed by atoms with Crippen LogP contribution in [0.2, 0.25) is 0 Å². The van der Waals surface area contributed by atoms with Crippen LogP contribution in [-0.4, -0.2) is 48.6 Å². The average Bonchev–Trinajstić information content (AvgIpc) is 2.79. The van der Waals surface area contributed by atoms with Gasteiger partial charge in [-0.2, -0.15) is 9.40 Å². The molecule has 2 heterocycles. The topological polar surface area (TPSA) is 78.1 Å². The van der Waals surface area contributed by atoms with Crippen LogP contribution in [0.15, 0.2) is 4.90 Å². The van der Waals surface area contributed by atoms with Crippen molar-refractivity contribution in [2.75, 3.05) is 19.6 Å². The van der Waals surface area contributed by atoms with Gasteiger partial charge in [0.25, 0.3) is 0 Å². The van der Waals surface area contributed by atoms with Crippen molar-refractivity contribution < 1.29 is 8.42 Å². The van der Waals surface area contributed by atoms with Gasteiger partial charge in [0.05, 0.1) is 11.4 Å². The Balaban J connectivity index is 2.08. The molecule has 1 unspecified atom stereocenters. The molecule has 0 spiro atoms. The highest BCUT2D eigenvalue weighted by atomic mass is 32.2. The van der Waals surface area contributed by atoms with Crippen LogP contribution in [-0.2, 0) is 10.0 Å². The maximum atomic E-state index is 12.7. The minimum absolute atomic E-state index is 0.348. The number of sulfonamides is 1. The first-order chi connectivity index (χ1) is 9.87. The second kappa shape index (κ2) is 6.46. The third kappa shape index (κ3) is 3.30. The largest absolute Gasteiger partial charge is 0.314 e. The minimum Gasteiger partial charge on any atom is -0.314 e. The maximum absolute atomic E-state index is 12.7. The predicted octanol–water partition coefficient (Wildman–Crippen LogP) is 1.43. The summed E-state index contributed by atoms with van der Waals surface area (Å²) in [5, 5.41) is 10.2. The molecule has 0 bridgehead atoms. The van der Waals surface area contributed by atoms with Gasteiger partial charge < -0.3 is 5.32 Å². The monoisotopic (exact) mass is 314 g/mol. The van der Waals surface area contributed by atoms with E-state index < -0.39 is 10.0 Å². The second-order valence-corrected chi connectivity index (χ2v) is 7.73. The van der Waals surface area contributed by atoms with Crippen molar-refractivity contribution in [3.63, 3.8) is 0 Å². The highest BCUT2D eigenvalue weighted by molar-refractivity contribution is 7.89. The highest BCUT2D eigenvalue weighted by Crippen LogP contribution is 2.27. The lowest BCUT2D eigenvalue weighted by Gasteiger charge is -2.34. The van der Waals surface area contributed by atoms with E-state index in [1.807, 2.05) is 0 Å². The molecule has 1 saturated heterocycles. The number of H-pyrrole nitrogens is 1. The van der Waals surface area contributed by atoms with Crippen molar-refractivity contribution in [3.8, 4) is 0 Å². The molecule has 2 N–H and O–H groups in total. The van der Waals surface area contributed by atoms with E-state index in [0.717, 1.165) is 19.4 Å². The number of nitrogens with zero attached hydrogens (tertiary/aromatic N) is 2. The molecule has 1 aliphatic rings. The molecule has 1 aliphatic heterocycles. The van der Waals surface area contributed by atoms with E-state index in [-0.39, 0.29) is 0 Å². The molecule has 6 nitrogen and oxygen atoms in total. The smallest absolute Gasteiger partial charge is 0.246 e.